The molecule has 4 aromatic carbocycles. The number of hydrogen-bond donors (Lipinski definition) is 2. The zero-order valence-corrected chi connectivity index (χ0v) is 37.2. The third-order valence-corrected chi connectivity index (χ3v) is 10.7. The van der Waals surface area contributed by atoms with Crippen molar-refractivity contribution >= 4 is 80.4 Å². The van der Waals surface area contributed by atoms with Crippen molar-refractivity contribution in [3.8, 4) is 23.0 Å². The van der Waals surface area contributed by atoms with Gasteiger partial charge in [0, 0.05) is 73.5 Å². The summed E-state index contributed by atoms with van der Waals surface area (Å²) in [5.41, 5.74) is 2.64. The van der Waals surface area contributed by atoms with Gasteiger partial charge in [0.2, 0.25) is 0 Å². The molecule has 0 saturated carbocycles. The molecule has 0 aliphatic carbocycles. The predicted octanol–water partition coefficient (Wildman–Crippen LogP) is 8.97. The Balaban J connectivity index is 0.000000206. The molecule has 336 valence electrons. The van der Waals surface area contributed by atoms with Gasteiger partial charge < -0.3 is 39.1 Å². The Labute approximate surface area is 380 Å². The molecule has 19 heteroatoms. The molecule has 2 aromatic heterocycles. The number of rotatable bonds is 16. The number of hydrogen-bond acceptors (Lipinski definition) is 14. The molecular weight excluding hydrogens is 881 g/mol. The van der Waals surface area contributed by atoms with Gasteiger partial charge in [0.25, 0.3) is 0 Å². The maximum Gasteiger partial charge on any atom is 0.162 e. The second-order valence-corrected chi connectivity index (χ2v) is 15.1. The number of methoxy groups -OCH3 is 2. The van der Waals surface area contributed by atoms with Crippen molar-refractivity contribution in [3.63, 3.8) is 0 Å². The summed E-state index contributed by atoms with van der Waals surface area (Å²) in [4.78, 5) is 22.1. The van der Waals surface area contributed by atoms with Gasteiger partial charge in [-0.05, 0) is 61.4 Å². The van der Waals surface area contributed by atoms with Gasteiger partial charge in [-0.3, -0.25) is 9.80 Å². The Morgan fingerprint density at radius 2 is 1.00 bits per heavy atom. The lowest BCUT2D eigenvalue weighted by molar-refractivity contribution is 0.0357. The summed E-state index contributed by atoms with van der Waals surface area (Å²) in [6, 6.07) is 16.2. The summed E-state index contributed by atoms with van der Waals surface area (Å²) in [5.74, 6) is 2.62. The van der Waals surface area contributed by atoms with E-state index in [9.17, 15) is 8.78 Å². The molecule has 0 radical (unpaired) electrons. The monoisotopic (exact) mass is 928 g/mol. The summed E-state index contributed by atoms with van der Waals surface area (Å²) < 4.78 is 60.7. The summed E-state index contributed by atoms with van der Waals surface area (Å²) in [6.07, 6.45) is 4.70. The van der Waals surface area contributed by atoms with Crippen LogP contribution in [0.2, 0.25) is 10.0 Å². The molecule has 2 aliphatic heterocycles. The van der Waals surface area contributed by atoms with Crippen LogP contribution in [0.25, 0.3) is 21.8 Å². The van der Waals surface area contributed by atoms with E-state index in [1.165, 1.54) is 36.9 Å². The Bertz CT molecular complexity index is 2260. The van der Waals surface area contributed by atoms with Crippen LogP contribution in [0.5, 0.6) is 23.0 Å². The van der Waals surface area contributed by atoms with Crippen molar-refractivity contribution in [1.29, 1.82) is 0 Å². The highest BCUT2D eigenvalue weighted by atomic mass is 35.5. The van der Waals surface area contributed by atoms with Crippen LogP contribution in [0, 0.1) is 11.6 Å². The van der Waals surface area contributed by atoms with Crippen molar-refractivity contribution in [3.05, 3.63) is 95.0 Å². The van der Waals surface area contributed by atoms with Gasteiger partial charge in [0.05, 0.1) is 74.9 Å². The number of halogens is 5. The molecule has 4 heterocycles. The maximum atomic E-state index is 13.5. The highest BCUT2D eigenvalue weighted by Gasteiger charge is 2.16. The first-order valence-electron chi connectivity index (χ1n) is 20.2. The quantitative estimate of drug-likeness (QED) is 0.0894. The number of nitrogens with one attached hydrogen (secondary N) is 2. The number of ether oxygens (including phenoxy) is 6. The van der Waals surface area contributed by atoms with Crippen molar-refractivity contribution in [2.24, 2.45) is 0 Å². The first kappa shape index (κ1) is 47.4. The van der Waals surface area contributed by atoms with Crippen LogP contribution >= 0.6 is 35.6 Å². The van der Waals surface area contributed by atoms with Gasteiger partial charge in [-0.15, -0.1) is 12.4 Å². The lowest BCUT2D eigenvalue weighted by Crippen LogP contribution is -2.37. The van der Waals surface area contributed by atoms with E-state index in [2.05, 4.69) is 40.4 Å². The third kappa shape index (κ3) is 13.0. The highest BCUT2D eigenvalue weighted by Crippen LogP contribution is 2.37. The Hall–Kier alpha value is -5.07. The minimum Gasteiger partial charge on any atom is -0.493 e. The average Bonchev–Trinajstić information content (AvgIpc) is 3.30. The van der Waals surface area contributed by atoms with Crippen molar-refractivity contribution < 1.29 is 37.2 Å². The summed E-state index contributed by atoms with van der Waals surface area (Å²) in [7, 11) is 3.20. The Morgan fingerprint density at radius 1 is 0.587 bits per heavy atom. The third-order valence-electron chi connectivity index (χ3n) is 10.2. The van der Waals surface area contributed by atoms with Crippen molar-refractivity contribution in [2.75, 3.05) is 104 Å². The summed E-state index contributed by atoms with van der Waals surface area (Å²) >= 11 is 11.8. The SMILES string of the molecule is COc1cc2ncnc(Nc3ccc(F)c(Cl)c3)c2cc1OCCCN1CCOCC1.COc1cc2ncnc(Nc3ccc(F)c(Cl)c3)c2cc1OCCCN1CCOCC1.Cl. The van der Waals surface area contributed by atoms with Gasteiger partial charge >= 0.3 is 0 Å². The van der Waals surface area contributed by atoms with Crippen LogP contribution in [-0.4, -0.2) is 123 Å². The smallest absolute Gasteiger partial charge is 0.162 e. The van der Waals surface area contributed by atoms with E-state index in [-0.39, 0.29) is 22.5 Å². The second kappa shape index (κ2) is 23.6. The minimum atomic E-state index is -0.475. The van der Waals surface area contributed by atoms with E-state index >= 15 is 0 Å². The van der Waals surface area contributed by atoms with E-state index in [0.29, 0.717) is 70.3 Å². The molecule has 0 unspecified atom stereocenters. The number of aromatic nitrogens is 4. The molecule has 0 spiro atoms. The fourth-order valence-corrected chi connectivity index (χ4v) is 7.24. The number of anilines is 4. The van der Waals surface area contributed by atoms with Gasteiger partial charge in [0.15, 0.2) is 23.0 Å². The molecular formula is C44H49Cl3F2N8O6. The maximum absolute atomic E-state index is 13.5. The molecule has 0 atom stereocenters. The molecule has 2 aliphatic rings. The molecule has 0 amide bonds. The predicted molar refractivity (Wildman–Crippen MR) is 244 cm³/mol. The summed E-state index contributed by atoms with van der Waals surface area (Å²) in [5, 5.41) is 7.93. The topological polar surface area (TPSA) is 137 Å². The fourth-order valence-electron chi connectivity index (χ4n) is 6.88. The number of fused-ring (bicyclic) bond motifs is 2. The lowest BCUT2D eigenvalue weighted by Gasteiger charge is -2.26. The standard InChI is InChI=1S/2C22H24ClFN4O3.ClH/c2*1-29-20-13-19-16(12-21(20)31-8-2-5-28-6-9-30-10-7-28)22(26-14-25-19)27-15-3-4-18(24)17(23)11-15;/h2*3-4,11-14H,2,5-10H2,1H3,(H,25,26,27);1H. The van der Waals surface area contributed by atoms with Gasteiger partial charge in [-0.2, -0.15) is 0 Å². The molecule has 63 heavy (non-hydrogen) atoms. The zero-order valence-electron chi connectivity index (χ0n) is 34.9. The Kier molecular flexibility index (Phi) is 17.7. The van der Waals surface area contributed by atoms with Crippen LogP contribution in [0.15, 0.2) is 73.3 Å². The van der Waals surface area contributed by atoms with Crippen LogP contribution in [-0.2, 0) is 9.47 Å². The summed E-state index contributed by atoms with van der Waals surface area (Å²) in [6.45, 7) is 10.0. The molecule has 2 saturated heterocycles. The fraction of sp³-hybridized carbons (Fsp3) is 0.364. The second-order valence-electron chi connectivity index (χ2n) is 14.3. The molecule has 2 N–H and O–H groups in total. The van der Waals surface area contributed by atoms with E-state index in [0.717, 1.165) is 89.3 Å². The van der Waals surface area contributed by atoms with Gasteiger partial charge in [-0.1, -0.05) is 23.2 Å². The number of morpholine rings is 2. The van der Waals surface area contributed by atoms with E-state index < -0.39 is 11.6 Å². The highest BCUT2D eigenvalue weighted by molar-refractivity contribution is 6.31. The average molecular weight is 930 g/mol. The van der Waals surface area contributed by atoms with E-state index in [1.807, 2.05) is 24.3 Å². The van der Waals surface area contributed by atoms with Gasteiger partial charge in [-0.25, -0.2) is 28.7 Å². The first-order valence-corrected chi connectivity index (χ1v) is 21.0. The minimum absolute atomic E-state index is 0. The number of nitrogens with zero attached hydrogens (tertiary/aromatic N) is 6. The largest absolute Gasteiger partial charge is 0.493 e. The molecule has 8 rings (SSSR count). The molecule has 2 fully saturated rings. The van der Waals surface area contributed by atoms with Crippen LogP contribution in [0.1, 0.15) is 12.8 Å². The molecule has 0 bridgehead atoms. The molecule has 14 nitrogen and oxygen atoms in total. The van der Waals surface area contributed by atoms with Gasteiger partial charge in [0.1, 0.15) is 35.9 Å². The van der Waals surface area contributed by atoms with Crippen LogP contribution in [0.4, 0.5) is 31.8 Å². The normalized spacial score (nSPS) is 14.3. The van der Waals surface area contributed by atoms with Crippen molar-refractivity contribution in [1.82, 2.24) is 29.7 Å². The zero-order chi connectivity index (χ0) is 43.3. The lowest BCUT2D eigenvalue weighted by atomic mass is 10.2. The van der Waals surface area contributed by atoms with E-state index in [4.69, 9.17) is 51.6 Å². The Morgan fingerprint density at radius 3 is 1.38 bits per heavy atom. The van der Waals surface area contributed by atoms with Crippen molar-refractivity contribution in [2.45, 2.75) is 12.8 Å². The van der Waals surface area contributed by atoms with Crippen LogP contribution in [0.3, 0.4) is 0 Å². The van der Waals surface area contributed by atoms with Crippen LogP contribution < -0.4 is 29.6 Å². The van der Waals surface area contributed by atoms with E-state index in [1.54, 1.807) is 26.4 Å². The number of benzene rings is 4. The first-order chi connectivity index (χ1) is 30.3. The molecule has 6 aromatic rings.